The van der Waals surface area contributed by atoms with Gasteiger partial charge in [-0.1, -0.05) is 19.4 Å². The van der Waals surface area contributed by atoms with Crippen molar-refractivity contribution in [2.75, 3.05) is 14.2 Å². The maximum atomic E-state index is 11.2. The zero-order valence-electron chi connectivity index (χ0n) is 8.56. The van der Waals surface area contributed by atoms with Crippen LogP contribution in [0.15, 0.2) is 12.2 Å². The third-order valence-electron chi connectivity index (χ3n) is 1.57. The maximum absolute atomic E-state index is 11.2. The Balaban J connectivity index is 4.41. The predicted molar refractivity (Wildman–Crippen MR) is 52.7 cm³/mol. The monoisotopic (exact) mass is 221 g/mol. The smallest absolute Gasteiger partial charge is 0.269 e. The summed E-state index contributed by atoms with van der Waals surface area (Å²) in [7, 11) is -1.74. The van der Waals surface area contributed by atoms with Crippen LogP contribution in [0.4, 0.5) is 0 Å². The van der Waals surface area contributed by atoms with Gasteiger partial charge in [-0.2, -0.15) is 8.42 Å². The molecule has 0 bridgehead atoms. The van der Waals surface area contributed by atoms with E-state index in [1.165, 1.54) is 6.08 Å². The Kier molecular flexibility index (Phi) is 5.40. The highest BCUT2D eigenvalue weighted by Gasteiger charge is 2.20. The summed E-state index contributed by atoms with van der Waals surface area (Å²) in [5, 5.41) is 0. The number of hydrogen-bond acceptors (Lipinski definition) is 4. The molecular formula is C8H15NO4S. The Labute approximate surface area is 84.6 Å². The molecule has 0 atom stereocenters. The first-order valence-corrected chi connectivity index (χ1v) is 5.57. The number of nitrogens with zero attached hydrogens (tertiary/aromatic N) is 1. The second kappa shape index (κ2) is 5.77. The van der Waals surface area contributed by atoms with E-state index in [9.17, 15) is 13.2 Å². The molecule has 82 valence electrons. The summed E-state index contributed by atoms with van der Waals surface area (Å²) >= 11 is 0. The molecular weight excluding hydrogens is 206 g/mol. The predicted octanol–water partition coefficient (Wildman–Crippen LogP) is 0.692. The van der Waals surface area contributed by atoms with E-state index in [2.05, 4.69) is 4.18 Å². The number of unbranched alkanes of at least 4 members (excludes halogenated alkanes) is 1. The fourth-order valence-electron chi connectivity index (χ4n) is 0.678. The van der Waals surface area contributed by atoms with Crippen LogP contribution in [0.5, 0.6) is 0 Å². The molecule has 0 aromatic carbocycles. The zero-order chi connectivity index (χ0) is 11.2. The maximum Gasteiger partial charge on any atom is 0.364 e. The first kappa shape index (κ1) is 13.1. The molecule has 0 N–H and O–H groups in total. The molecule has 0 radical (unpaired) electrons. The summed E-state index contributed by atoms with van der Waals surface area (Å²) in [6.07, 6.45) is 4.50. The van der Waals surface area contributed by atoms with E-state index in [1.54, 1.807) is 6.08 Å². The van der Waals surface area contributed by atoms with E-state index in [1.807, 2.05) is 6.92 Å². The van der Waals surface area contributed by atoms with Crippen molar-refractivity contribution in [3.05, 3.63) is 12.2 Å². The largest absolute Gasteiger partial charge is 0.364 e. The second-order valence-electron chi connectivity index (χ2n) is 2.62. The van der Waals surface area contributed by atoms with Crippen molar-refractivity contribution in [3.63, 3.8) is 0 Å². The standard InChI is InChI=1S/C8H15NO4S/c1-4-5-6-7-8(10)9(2)14(11,12)13-3/h6-7H,4-5H2,1-3H3. The molecule has 0 aliphatic rings. The summed E-state index contributed by atoms with van der Waals surface area (Å²) in [6.45, 7) is 1.96. The van der Waals surface area contributed by atoms with Crippen molar-refractivity contribution in [1.29, 1.82) is 0 Å². The van der Waals surface area contributed by atoms with Crippen molar-refractivity contribution in [2.45, 2.75) is 19.8 Å². The van der Waals surface area contributed by atoms with Gasteiger partial charge in [0.15, 0.2) is 0 Å². The van der Waals surface area contributed by atoms with Gasteiger partial charge in [-0.3, -0.25) is 8.98 Å². The molecule has 1 amide bonds. The Bertz CT molecular complexity index is 307. The number of amides is 1. The van der Waals surface area contributed by atoms with Gasteiger partial charge in [-0.05, 0) is 6.42 Å². The van der Waals surface area contributed by atoms with Crippen LogP contribution in [-0.2, 0) is 19.3 Å². The molecule has 0 fully saturated rings. The van der Waals surface area contributed by atoms with Crippen LogP contribution in [0.2, 0.25) is 0 Å². The van der Waals surface area contributed by atoms with Gasteiger partial charge in [0.2, 0.25) is 0 Å². The molecule has 14 heavy (non-hydrogen) atoms. The highest BCUT2D eigenvalue weighted by Crippen LogP contribution is 2.00. The van der Waals surface area contributed by atoms with Crippen LogP contribution in [0.3, 0.4) is 0 Å². The SMILES string of the molecule is CCCC=CC(=O)N(C)S(=O)(=O)OC. The fraction of sp³-hybridized carbons (Fsp3) is 0.625. The summed E-state index contributed by atoms with van der Waals surface area (Å²) in [5.41, 5.74) is 0. The van der Waals surface area contributed by atoms with Crippen molar-refractivity contribution < 1.29 is 17.4 Å². The number of likely N-dealkylation sites (N-methyl/N-ethyl adjacent to an activating group) is 1. The van der Waals surface area contributed by atoms with E-state index in [0.717, 1.165) is 27.0 Å². The van der Waals surface area contributed by atoms with E-state index in [0.29, 0.717) is 4.31 Å². The van der Waals surface area contributed by atoms with Gasteiger partial charge >= 0.3 is 10.3 Å². The molecule has 0 spiro atoms. The van der Waals surface area contributed by atoms with Gasteiger partial charge in [0.1, 0.15) is 0 Å². The topological polar surface area (TPSA) is 63.7 Å². The number of carbonyl (C=O) groups is 1. The summed E-state index contributed by atoms with van der Waals surface area (Å²) in [6, 6.07) is 0. The van der Waals surface area contributed by atoms with Gasteiger partial charge in [0.05, 0.1) is 7.11 Å². The van der Waals surface area contributed by atoms with Crippen molar-refractivity contribution in [2.24, 2.45) is 0 Å². The lowest BCUT2D eigenvalue weighted by molar-refractivity contribution is -0.121. The molecule has 0 saturated heterocycles. The Morgan fingerprint density at radius 1 is 1.50 bits per heavy atom. The summed E-state index contributed by atoms with van der Waals surface area (Å²) in [4.78, 5) is 11.2. The van der Waals surface area contributed by atoms with Crippen molar-refractivity contribution >= 4 is 16.2 Å². The molecule has 0 aliphatic heterocycles. The molecule has 0 unspecified atom stereocenters. The Hall–Kier alpha value is -0.880. The van der Waals surface area contributed by atoms with Crippen LogP contribution in [0, 0.1) is 0 Å². The minimum Gasteiger partial charge on any atom is -0.269 e. The second-order valence-corrected chi connectivity index (χ2v) is 4.36. The van der Waals surface area contributed by atoms with Gasteiger partial charge in [-0.15, -0.1) is 0 Å². The van der Waals surface area contributed by atoms with Crippen LogP contribution in [0.1, 0.15) is 19.8 Å². The lowest BCUT2D eigenvalue weighted by atomic mass is 10.3. The number of carbonyl (C=O) groups excluding carboxylic acids is 1. The fourth-order valence-corrected chi connectivity index (χ4v) is 1.18. The average molecular weight is 221 g/mol. The summed E-state index contributed by atoms with van der Waals surface area (Å²) < 4.78 is 26.8. The molecule has 0 saturated carbocycles. The third kappa shape index (κ3) is 3.89. The molecule has 0 aromatic rings. The average Bonchev–Trinajstić information content (AvgIpc) is 2.17. The minimum absolute atomic E-state index is 0.555. The van der Waals surface area contributed by atoms with Crippen LogP contribution >= 0.6 is 0 Å². The molecule has 0 aromatic heterocycles. The lowest BCUT2D eigenvalue weighted by Gasteiger charge is -2.12. The van der Waals surface area contributed by atoms with Gasteiger partial charge in [-0.25, -0.2) is 4.31 Å². The van der Waals surface area contributed by atoms with Crippen molar-refractivity contribution in [3.8, 4) is 0 Å². The van der Waals surface area contributed by atoms with Crippen molar-refractivity contribution in [1.82, 2.24) is 4.31 Å². The first-order chi connectivity index (χ1) is 6.45. The molecule has 0 rings (SSSR count). The first-order valence-electron chi connectivity index (χ1n) is 4.20. The molecule has 6 heteroatoms. The Morgan fingerprint density at radius 3 is 2.50 bits per heavy atom. The number of rotatable bonds is 5. The van der Waals surface area contributed by atoms with Crippen LogP contribution in [0.25, 0.3) is 0 Å². The quantitative estimate of drug-likeness (QED) is 0.641. The normalized spacial score (nSPS) is 11.9. The highest BCUT2D eigenvalue weighted by molar-refractivity contribution is 7.84. The molecule has 0 aliphatic carbocycles. The third-order valence-corrected chi connectivity index (χ3v) is 2.84. The van der Waals surface area contributed by atoms with Gasteiger partial charge in [0.25, 0.3) is 5.91 Å². The van der Waals surface area contributed by atoms with Crippen LogP contribution in [-0.4, -0.2) is 32.8 Å². The van der Waals surface area contributed by atoms with Gasteiger partial charge < -0.3 is 0 Å². The number of hydrogen-bond donors (Lipinski definition) is 0. The summed E-state index contributed by atoms with van der Waals surface area (Å²) in [5.74, 6) is -0.611. The van der Waals surface area contributed by atoms with E-state index >= 15 is 0 Å². The highest BCUT2D eigenvalue weighted by atomic mass is 32.2. The molecule has 5 nitrogen and oxygen atoms in total. The molecule has 0 heterocycles. The number of allylic oxidation sites excluding steroid dienone is 1. The van der Waals surface area contributed by atoms with E-state index < -0.39 is 16.2 Å². The van der Waals surface area contributed by atoms with Crippen LogP contribution < -0.4 is 0 Å². The minimum atomic E-state index is -3.90. The van der Waals surface area contributed by atoms with E-state index in [-0.39, 0.29) is 0 Å². The van der Waals surface area contributed by atoms with E-state index in [4.69, 9.17) is 0 Å². The Morgan fingerprint density at radius 2 is 2.07 bits per heavy atom. The van der Waals surface area contributed by atoms with Gasteiger partial charge in [0, 0.05) is 13.1 Å². The lowest BCUT2D eigenvalue weighted by Crippen LogP contribution is -2.32. The zero-order valence-corrected chi connectivity index (χ0v) is 9.37.